The molecule has 1 N–H and O–H groups in total. The molecule has 2 heterocycles. The minimum absolute atomic E-state index is 0.236. The summed E-state index contributed by atoms with van der Waals surface area (Å²) in [6.07, 6.45) is 4.84. The van der Waals surface area contributed by atoms with Crippen molar-refractivity contribution in [2.24, 2.45) is 0 Å². The third kappa shape index (κ3) is 3.30. The van der Waals surface area contributed by atoms with Gasteiger partial charge >= 0.3 is 0 Å². The lowest BCUT2D eigenvalue weighted by Crippen LogP contribution is -2.12. The molecule has 0 bridgehead atoms. The first-order valence-corrected chi connectivity index (χ1v) is 7.03. The molecule has 22 heavy (non-hydrogen) atoms. The van der Waals surface area contributed by atoms with Gasteiger partial charge in [-0.3, -0.25) is 9.78 Å². The van der Waals surface area contributed by atoms with E-state index in [1.165, 1.54) is 6.20 Å². The molecule has 0 unspecified atom stereocenters. The van der Waals surface area contributed by atoms with Crippen LogP contribution in [0.3, 0.4) is 0 Å². The van der Waals surface area contributed by atoms with Crippen LogP contribution in [0.15, 0.2) is 67.1 Å². The second kappa shape index (κ2) is 6.37. The Morgan fingerprint density at radius 1 is 0.955 bits per heavy atom. The second-order valence-electron chi connectivity index (χ2n) is 4.63. The Hall–Kier alpha value is -2.72. The van der Waals surface area contributed by atoms with Crippen LogP contribution in [0, 0.1) is 0 Å². The lowest BCUT2D eigenvalue weighted by atomic mass is 10.1. The summed E-state index contributed by atoms with van der Waals surface area (Å²) >= 11 is 5.87. The van der Waals surface area contributed by atoms with Gasteiger partial charge in [0.05, 0.1) is 5.56 Å². The molecule has 0 saturated heterocycles. The van der Waals surface area contributed by atoms with Gasteiger partial charge in [-0.05, 0) is 42.0 Å². The molecule has 5 heteroatoms. The number of aromatic nitrogens is 2. The van der Waals surface area contributed by atoms with Crippen LogP contribution in [0.4, 0.5) is 5.82 Å². The number of rotatable bonds is 3. The monoisotopic (exact) mass is 309 g/mol. The van der Waals surface area contributed by atoms with Gasteiger partial charge in [-0.1, -0.05) is 23.7 Å². The summed E-state index contributed by atoms with van der Waals surface area (Å²) in [5.74, 6) is 0.256. The first kappa shape index (κ1) is 14.2. The number of benzene rings is 1. The van der Waals surface area contributed by atoms with Gasteiger partial charge in [-0.15, -0.1) is 0 Å². The van der Waals surface area contributed by atoms with Crippen LogP contribution in [0.2, 0.25) is 5.02 Å². The van der Waals surface area contributed by atoms with E-state index in [1.807, 2.05) is 30.3 Å². The van der Waals surface area contributed by atoms with Crippen LogP contribution < -0.4 is 5.32 Å². The Morgan fingerprint density at radius 3 is 2.36 bits per heavy atom. The Bertz CT molecular complexity index is 771. The van der Waals surface area contributed by atoms with Crippen LogP contribution in [0.1, 0.15) is 10.4 Å². The van der Waals surface area contributed by atoms with Gasteiger partial charge < -0.3 is 5.32 Å². The molecule has 1 amide bonds. The van der Waals surface area contributed by atoms with Gasteiger partial charge in [0.15, 0.2) is 0 Å². The smallest absolute Gasteiger partial charge is 0.258 e. The van der Waals surface area contributed by atoms with E-state index >= 15 is 0 Å². The first-order chi connectivity index (χ1) is 10.7. The Morgan fingerprint density at radius 2 is 1.73 bits per heavy atom. The van der Waals surface area contributed by atoms with E-state index in [2.05, 4.69) is 15.3 Å². The summed E-state index contributed by atoms with van der Waals surface area (Å²) in [6, 6.07) is 14.6. The number of carbonyl (C=O) groups is 1. The fourth-order valence-corrected chi connectivity index (χ4v) is 2.09. The lowest BCUT2D eigenvalue weighted by molar-refractivity contribution is 0.102. The quantitative estimate of drug-likeness (QED) is 0.794. The molecule has 0 aliphatic carbocycles. The number of hydrogen-bond donors (Lipinski definition) is 1. The Balaban J connectivity index is 1.74. The maximum atomic E-state index is 12.0. The average Bonchev–Trinajstić information content (AvgIpc) is 2.57. The molecule has 0 spiro atoms. The highest BCUT2D eigenvalue weighted by molar-refractivity contribution is 6.30. The summed E-state index contributed by atoms with van der Waals surface area (Å²) in [5, 5.41) is 3.43. The minimum atomic E-state index is -0.236. The highest BCUT2D eigenvalue weighted by atomic mass is 35.5. The number of carbonyl (C=O) groups excluding carboxylic acids is 1. The van der Waals surface area contributed by atoms with Crippen molar-refractivity contribution in [1.82, 2.24) is 9.97 Å². The van der Waals surface area contributed by atoms with Crippen molar-refractivity contribution in [2.45, 2.75) is 0 Å². The molecule has 0 saturated carbocycles. The summed E-state index contributed by atoms with van der Waals surface area (Å²) in [7, 11) is 0. The number of halogens is 1. The molecule has 0 fully saturated rings. The predicted octanol–water partition coefficient (Wildman–Crippen LogP) is 4.05. The van der Waals surface area contributed by atoms with Gasteiger partial charge in [0, 0.05) is 29.2 Å². The van der Waals surface area contributed by atoms with E-state index in [9.17, 15) is 4.79 Å². The van der Waals surface area contributed by atoms with E-state index in [1.54, 1.807) is 30.6 Å². The third-order valence-corrected chi connectivity index (χ3v) is 3.36. The van der Waals surface area contributed by atoms with E-state index in [0.29, 0.717) is 16.4 Å². The van der Waals surface area contributed by atoms with Crippen molar-refractivity contribution < 1.29 is 4.79 Å². The van der Waals surface area contributed by atoms with E-state index in [4.69, 9.17) is 11.6 Å². The zero-order valence-electron chi connectivity index (χ0n) is 11.5. The summed E-state index contributed by atoms with van der Waals surface area (Å²) in [4.78, 5) is 20.2. The normalized spacial score (nSPS) is 10.2. The molecular formula is C17H12ClN3O. The van der Waals surface area contributed by atoms with Crippen molar-refractivity contribution in [3.8, 4) is 11.1 Å². The zero-order chi connectivity index (χ0) is 15.4. The molecule has 4 nitrogen and oxygen atoms in total. The van der Waals surface area contributed by atoms with Crippen molar-refractivity contribution in [3.05, 3.63) is 77.7 Å². The number of nitrogens with one attached hydrogen (secondary N) is 1. The van der Waals surface area contributed by atoms with Gasteiger partial charge in [0.1, 0.15) is 5.82 Å². The van der Waals surface area contributed by atoms with Crippen molar-refractivity contribution in [2.75, 3.05) is 5.32 Å². The second-order valence-corrected chi connectivity index (χ2v) is 5.07. The molecule has 0 radical (unpaired) electrons. The SMILES string of the molecule is O=C(Nc1ccc(-c2ccc(Cl)cc2)cn1)c1cccnc1. The third-order valence-electron chi connectivity index (χ3n) is 3.11. The Labute approximate surface area is 132 Å². The summed E-state index contributed by atoms with van der Waals surface area (Å²) in [5.41, 5.74) is 2.46. The van der Waals surface area contributed by atoms with Crippen LogP contribution >= 0.6 is 11.6 Å². The molecule has 0 aliphatic heterocycles. The van der Waals surface area contributed by atoms with E-state index < -0.39 is 0 Å². The predicted molar refractivity (Wildman–Crippen MR) is 86.9 cm³/mol. The fourth-order valence-electron chi connectivity index (χ4n) is 1.97. The highest BCUT2D eigenvalue weighted by Gasteiger charge is 2.06. The van der Waals surface area contributed by atoms with Crippen LogP contribution in [0.25, 0.3) is 11.1 Å². The molecule has 108 valence electrons. The lowest BCUT2D eigenvalue weighted by Gasteiger charge is -2.06. The van der Waals surface area contributed by atoms with Crippen molar-refractivity contribution >= 4 is 23.3 Å². The number of amides is 1. The minimum Gasteiger partial charge on any atom is -0.307 e. The Kier molecular flexibility index (Phi) is 4.12. The van der Waals surface area contributed by atoms with Gasteiger partial charge in [0.2, 0.25) is 0 Å². The number of anilines is 1. The van der Waals surface area contributed by atoms with Gasteiger partial charge in [-0.25, -0.2) is 4.98 Å². The molecule has 0 aliphatic rings. The molecule has 3 rings (SSSR count). The first-order valence-electron chi connectivity index (χ1n) is 6.66. The molecule has 3 aromatic rings. The molecule has 1 aromatic carbocycles. The zero-order valence-corrected chi connectivity index (χ0v) is 12.3. The molecule has 0 atom stereocenters. The molecular weight excluding hydrogens is 298 g/mol. The average molecular weight is 310 g/mol. The van der Waals surface area contributed by atoms with Crippen LogP contribution in [-0.4, -0.2) is 15.9 Å². The number of hydrogen-bond acceptors (Lipinski definition) is 3. The van der Waals surface area contributed by atoms with Crippen molar-refractivity contribution in [1.29, 1.82) is 0 Å². The van der Waals surface area contributed by atoms with E-state index in [0.717, 1.165) is 11.1 Å². The number of pyridine rings is 2. The molecule has 2 aromatic heterocycles. The fraction of sp³-hybridized carbons (Fsp3) is 0. The van der Waals surface area contributed by atoms with Crippen molar-refractivity contribution in [3.63, 3.8) is 0 Å². The largest absolute Gasteiger partial charge is 0.307 e. The van der Waals surface area contributed by atoms with Gasteiger partial charge in [0.25, 0.3) is 5.91 Å². The van der Waals surface area contributed by atoms with E-state index in [-0.39, 0.29) is 5.91 Å². The van der Waals surface area contributed by atoms with Crippen LogP contribution in [-0.2, 0) is 0 Å². The van der Waals surface area contributed by atoms with Crippen LogP contribution in [0.5, 0.6) is 0 Å². The maximum Gasteiger partial charge on any atom is 0.258 e. The number of nitrogens with zero attached hydrogens (tertiary/aromatic N) is 2. The summed E-state index contributed by atoms with van der Waals surface area (Å²) in [6.45, 7) is 0. The van der Waals surface area contributed by atoms with Gasteiger partial charge in [-0.2, -0.15) is 0 Å². The standard InChI is InChI=1S/C17H12ClN3O/c18-15-6-3-12(4-7-15)13-5-8-16(20-11-13)21-17(22)14-2-1-9-19-10-14/h1-11H,(H,20,21,22). The topological polar surface area (TPSA) is 54.9 Å². The highest BCUT2D eigenvalue weighted by Crippen LogP contribution is 2.21. The maximum absolute atomic E-state index is 12.0. The summed E-state index contributed by atoms with van der Waals surface area (Å²) < 4.78 is 0.